The largest absolute Gasteiger partial charge is 0.355 e. The Labute approximate surface area is 142 Å². The summed E-state index contributed by atoms with van der Waals surface area (Å²) in [5.41, 5.74) is 5.68. The molecule has 2 rings (SSSR count). The van der Waals surface area contributed by atoms with Gasteiger partial charge in [-0.25, -0.2) is 8.42 Å². The summed E-state index contributed by atoms with van der Waals surface area (Å²) >= 11 is 5.76. The van der Waals surface area contributed by atoms with Crippen LogP contribution in [0.5, 0.6) is 0 Å². The molecule has 1 fully saturated rings. The fourth-order valence-corrected chi connectivity index (χ4v) is 4.26. The van der Waals surface area contributed by atoms with Gasteiger partial charge in [0.1, 0.15) is 0 Å². The van der Waals surface area contributed by atoms with E-state index in [1.807, 2.05) is 6.92 Å². The van der Waals surface area contributed by atoms with E-state index >= 15 is 0 Å². The molecule has 0 aromatic heterocycles. The van der Waals surface area contributed by atoms with E-state index in [1.54, 1.807) is 0 Å². The van der Waals surface area contributed by atoms with Crippen LogP contribution in [0.3, 0.4) is 0 Å². The maximum Gasteiger partial charge on any atom is 0.224 e. The van der Waals surface area contributed by atoms with Gasteiger partial charge in [-0.3, -0.25) is 4.79 Å². The Hall–Kier alpha value is -1.11. The lowest BCUT2D eigenvalue weighted by Crippen LogP contribution is -2.53. The fourth-order valence-electron chi connectivity index (χ4n) is 2.98. The second kappa shape index (κ2) is 7.20. The van der Waals surface area contributed by atoms with Crippen LogP contribution in [0, 0.1) is 5.92 Å². The van der Waals surface area contributed by atoms with Crippen LogP contribution in [-0.2, 0) is 14.6 Å². The molecule has 0 spiro atoms. The average Bonchev–Trinajstić information content (AvgIpc) is 2.46. The van der Waals surface area contributed by atoms with E-state index < -0.39 is 15.4 Å². The van der Waals surface area contributed by atoms with Gasteiger partial charge in [0, 0.05) is 17.1 Å². The number of nitrogens with two attached hydrogens (primary N) is 1. The summed E-state index contributed by atoms with van der Waals surface area (Å²) in [7, 11) is -3.44. The highest BCUT2D eigenvalue weighted by Gasteiger charge is 2.37. The molecule has 0 bridgehead atoms. The van der Waals surface area contributed by atoms with Gasteiger partial charge in [-0.1, -0.05) is 24.4 Å². The average molecular weight is 359 g/mol. The number of halogens is 1. The number of nitrogens with one attached hydrogen (secondary N) is 1. The highest BCUT2D eigenvalue weighted by molar-refractivity contribution is 7.91. The van der Waals surface area contributed by atoms with Crippen molar-refractivity contribution in [2.75, 3.05) is 12.3 Å². The minimum Gasteiger partial charge on any atom is -0.355 e. The van der Waals surface area contributed by atoms with Crippen LogP contribution in [0.2, 0.25) is 5.02 Å². The molecule has 1 aliphatic rings. The van der Waals surface area contributed by atoms with Crippen molar-refractivity contribution in [2.24, 2.45) is 11.7 Å². The van der Waals surface area contributed by atoms with Crippen LogP contribution in [0.1, 0.15) is 32.6 Å². The smallest absolute Gasteiger partial charge is 0.224 e. The highest BCUT2D eigenvalue weighted by atomic mass is 35.5. The minimum absolute atomic E-state index is 0.0797. The molecule has 2 atom stereocenters. The third-order valence-electron chi connectivity index (χ3n) is 4.41. The van der Waals surface area contributed by atoms with Gasteiger partial charge < -0.3 is 11.1 Å². The molecule has 23 heavy (non-hydrogen) atoms. The molecule has 0 heterocycles. The van der Waals surface area contributed by atoms with E-state index in [0.717, 1.165) is 25.7 Å². The van der Waals surface area contributed by atoms with E-state index in [9.17, 15) is 13.2 Å². The number of benzene rings is 1. The molecule has 7 heteroatoms. The molecule has 1 aromatic rings. The molecule has 1 aromatic carbocycles. The third kappa shape index (κ3) is 4.68. The van der Waals surface area contributed by atoms with E-state index in [-0.39, 0.29) is 29.0 Å². The number of sulfone groups is 1. The standard InChI is InChI=1S/C16H23ClN2O3S/c1-16(18)9-3-2-4-14(16)15(20)19-10-11-23(21,22)13-7-5-12(17)6-8-13/h5-8,14H,2-4,9-11,18H2,1H3,(H,19,20). The van der Waals surface area contributed by atoms with E-state index in [4.69, 9.17) is 17.3 Å². The summed E-state index contributed by atoms with van der Waals surface area (Å²) in [5, 5.41) is 3.20. The van der Waals surface area contributed by atoms with Gasteiger partial charge in [0.15, 0.2) is 9.84 Å². The summed E-state index contributed by atoms with van der Waals surface area (Å²) < 4.78 is 24.4. The van der Waals surface area contributed by atoms with Gasteiger partial charge in [-0.15, -0.1) is 0 Å². The maximum atomic E-state index is 12.3. The van der Waals surface area contributed by atoms with Gasteiger partial charge in [0.25, 0.3) is 0 Å². The Bertz CT molecular complexity index is 656. The van der Waals surface area contributed by atoms with Crippen LogP contribution in [-0.4, -0.2) is 32.2 Å². The second-order valence-electron chi connectivity index (χ2n) is 6.37. The predicted molar refractivity (Wildman–Crippen MR) is 91.1 cm³/mol. The molecule has 1 aliphatic carbocycles. The summed E-state index contributed by atoms with van der Waals surface area (Å²) in [5.74, 6) is -0.551. The van der Waals surface area contributed by atoms with Gasteiger partial charge in [0.2, 0.25) is 5.91 Å². The number of carbonyl (C=O) groups excluding carboxylic acids is 1. The van der Waals surface area contributed by atoms with Crippen molar-refractivity contribution in [1.29, 1.82) is 0 Å². The number of hydrogen-bond acceptors (Lipinski definition) is 4. The molecule has 1 amide bonds. The van der Waals surface area contributed by atoms with Crippen LogP contribution in [0.15, 0.2) is 29.2 Å². The monoisotopic (exact) mass is 358 g/mol. The first kappa shape index (κ1) is 18.2. The SMILES string of the molecule is CC1(N)CCCCC1C(=O)NCCS(=O)(=O)c1ccc(Cl)cc1. The lowest BCUT2D eigenvalue weighted by atomic mass is 9.74. The van der Waals surface area contributed by atoms with Crippen molar-refractivity contribution in [3.63, 3.8) is 0 Å². The third-order valence-corrected chi connectivity index (χ3v) is 6.40. The van der Waals surface area contributed by atoms with Gasteiger partial charge >= 0.3 is 0 Å². The van der Waals surface area contributed by atoms with Crippen molar-refractivity contribution < 1.29 is 13.2 Å². The second-order valence-corrected chi connectivity index (χ2v) is 8.91. The highest BCUT2D eigenvalue weighted by Crippen LogP contribution is 2.31. The number of hydrogen-bond donors (Lipinski definition) is 2. The van der Waals surface area contributed by atoms with Crippen LogP contribution >= 0.6 is 11.6 Å². The number of amides is 1. The van der Waals surface area contributed by atoms with Crippen molar-refractivity contribution >= 4 is 27.3 Å². The Morgan fingerprint density at radius 2 is 2.00 bits per heavy atom. The van der Waals surface area contributed by atoms with Crippen molar-refractivity contribution in [3.05, 3.63) is 29.3 Å². The first-order valence-electron chi connectivity index (χ1n) is 7.77. The normalized spacial score (nSPS) is 25.1. The minimum atomic E-state index is -3.44. The Morgan fingerprint density at radius 1 is 1.35 bits per heavy atom. The zero-order chi connectivity index (χ0) is 17.1. The number of rotatable bonds is 5. The van der Waals surface area contributed by atoms with E-state index in [0.29, 0.717) is 5.02 Å². The first-order chi connectivity index (χ1) is 10.7. The number of carbonyl (C=O) groups is 1. The van der Waals surface area contributed by atoms with Gasteiger partial charge in [-0.05, 0) is 44.0 Å². The summed E-state index contributed by atoms with van der Waals surface area (Å²) in [6, 6.07) is 6.01. The Balaban J connectivity index is 1.91. The molecule has 0 saturated heterocycles. The maximum absolute atomic E-state index is 12.3. The van der Waals surface area contributed by atoms with Gasteiger partial charge in [-0.2, -0.15) is 0 Å². The Morgan fingerprint density at radius 3 is 2.61 bits per heavy atom. The molecule has 2 unspecified atom stereocenters. The predicted octanol–water partition coefficient (Wildman–Crippen LogP) is 2.14. The quantitative estimate of drug-likeness (QED) is 0.843. The zero-order valence-electron chi connectivity index (χ0n) is 13.2. The van der Waals surface area contributed by atoms with Crippen molar-refractivity contribution in [1.82, 2.24) is 5.32 Å². The van der Waals surface area contributed by atoms with Crippen molar-refractivity contribution in [2.45, 2.75) is 43.0 Å². The van der Waals surface area contributed by atoms with Crippen LogP contribution in [0.25, 0.3) is 0 Å². The molecule has 1 saturated carbocycles. The van der Waals surface area contributed by atoms with Crippen molar-refractivity contribution in [3.8, 4) is 0 Å². The summed E-state index contributed by atoms with van der Waals surface area (Å²) in [4.78, 5) is 12.5. The molecule has 5 nitrogen and oxygen atoms in total. The van der Waals surface area contributed by atoms with E-state index in [1.165, 1.54) is 24.3 Å². The molecular weight excluding hydrogens is 336 g/mol. The van der Waals surface area contributed by atoms with Gasteiger partial charge in [0.05, 0.1) is 16.6 Å². The Kier molecular flexibility index (Phi) is 5.70. The van der Waals surface area contributed by atoms with Crippen LogP contribution in [0.4, 0.5) is 0 Å². The van der Waals surface area contributed by atoms with E-state index in [2.05, 4.69) is 5.32 Å². The molecule has 3 N–H and O–H groups in total. The lowest BCUT2D eigenvalue weighted by Gasteiger charge is -2.37. The van der Waals surface area contributed by atoms with Crippen LogP contribution < -0.4 is 11.1 Å². The first-order valence-corrected chi connectivity index (χ1v) is 9.80. The molecule has 128 valence electrons. The fraction of sp³-hybridized carbons (Fsp3) is 0.562. The molecule has 0 aliphatic heterocycles. The molecule has 0 radical (unpaired) electrons. The zero-order valence-corrected chi connectivity index (χ0v) is 14.8. The summed E-state index contributed by atoms with van der Waals surface area (Å²) in [6.45, 7) is 1.97. The topological polar surface area (TPSA) is 89.3 Å². The summed E-state index contributed by atoms with van der Waals surface area (Å²) in [6.07, 6.45) is 3.58. The lowest BCUT2D eigenvalue weighted by molar-refractivity contribution is -0.127. The molecular formula is C16H23ClN2O3S.